The molecule has 0 aliphatic rings. The van der Waals surface area contributed by atoms with Gasteiger partial charge in [-0.2, -0.15) is 0 Å². The van der Waals surface area contributed by atoms with Crippen molar-refractivity contribution in [3.05, 3.63) is 0 Å². The second-order valence-corrected chi connectivity index (χ2v) is 28.4. The molecule has 0 saturated carbocycles. The maximum Gasteiger partial charge on any atom is 0.306 e. The van der Waals surface area contributed by atoms with Crippen LogP contribution in [-0.2, 0) is 33.3 Å². The smallest absolute Gasteiger partial charge is 0.306 e. The number of carbonyl (C=O) groups is 3. The molecule has 0 aromatic heterocycles. The lowest BCUT2D eigenvalue weighted by Crippen LogP contribution is -2.44. The quantitative estimate of drug-likeness (QED) is 0.0256. The molecule has 2 unspecified atom stereocenters. The number of quaternary nitrogens is 1. The molecule has 0 aliphatic heterocycles. The summed E-state index contributed by atoms with van der Waals surface area (Å²) in [6, 6.07) is 0. The summed E-state index contributed by atoms with van der Waals surface area (Å²) in [6.07, 6.45) is 82.4. The molecular formula is C78H153NO8. The van der Waals surface area contributed by atoms with Crippen molar-refractivity contribution in [1.29, 1.82) is 0 Å². The predicted octanol–water partition coefficient (Wildman–Crippen LogP) is 23.3. The first-order valence-electron chi connectivity index (χ1n) is 39.2. The van der Waals surface area contributed by atoms with Gasteiger partial charge in [-0.25, -0.2) is 0 Å². The van der Waals surface area contributed by atoms with Crippen molar-refractivity contribution >= 4 is 17.9 Å². The van der Waals surface area contributed by atoms with Crippen LogP contribution in [0.4, 0.5) is 0 Å². The van der Waals surface area contributed by atoms with Gasteiger partial charge in [0, 0.05) is 12.8 Å². The second kappa shape index (κ2) is 70.2. The Labute approximate surface area is 543 Å². The Morgan fingerprint density at radius 1 is 0.299 bits per heavy atom. The first kappa shape index (κ1) is 85.3. The second-order valence-electron chi connectivity index (χ2n) is 28.4. The molecule has 0 aromatic rings. The van der Waals surface area contributed by atoms with Crippen molar-refractivity contribution in [2.24, 2.45) is 0 Å². The maximum absolute atomic E-state index is 13.0. The molecule has 9 nitrogen and oxygen atoms in total. The number of nitrogens with zero attached hydrogens (tertiary/aromatic N) is 1. The standard InChI is InChI=1S/C78H153NO8/c1-6-8-10-12-14-16-18-20-22-24-26-28-30-31-32-33-34-35-36-37-38-39-40-41-42-43-44-45-46-47-49-51-53-55-57-59-61-63-65-67-69-76(81)87-74(73-86-78(77(82)83)84-71-70-79(3,4)5)72-85-75(80)68-66-64-62-60-58-56-54-52-50-48-29-27-25-23-21-19-17-15-13-11-9-7-2/h74,78H,6-73H2,1-5H3. The van der Waals surface area contributed by atoms with Crippen LogP contribution in [0.2, 0.25) is 0 Å². The molecule has 0 rings (SSSR count). The Bertz CT molecular complexity index is 1390. The molecule has 0 saturated heterocycles. The van der Waals surface area contributed by atoms with Gasteiger partial charge in [0.05, 0.1) is 40.3 Å². The van der Waals surface area contributed by atoms with E-state index in [0.717, 1.165) is 38.5 Å². The summed E-state index contributed by atoms with van der Waals surface area (Å²) in [4.78, 5) is 37.5. The van der Waals surface area contributed by atoms with Crippen LogP contribution in [0.3, 0.4) is 0 Å². The summed E-state index contributed by atoms with van der Waals surface area (Å²) >= 11 is 0. The summed E-state index contributed by atoms with van der Waals surface area (Å²) < 4.78 is 22.9. The maximum atomic E-state index is 13.0. The molecule has 0 spiro atoms. The molecule has 0 fully saturated rings. The van der Waals surface area contributed by atoms with E-state index < -0.39 is 24.3 Å². The fourth-order valence-electron chi connectivity index (χ4n) is 12.4. The monoisotopic (exact) mass is 1230 g/mol. The van der Waals surface area contributed by atoms with Gasteiger partial charge in [-0.05, 0) is 12.8 Å². The highest BCUT2D eigenvalue weighted by molar-refractivity contribution is 5.70. The van der Waals surface area contributed by atoms with Gasteiger partial charge in [0.1, 0.15) is 13.2 Å². The largest absolute Gasteiger partial charge is 0.545 e. The van der Waals surface area contributed by atoms with Crippen LogP contribution >= 0.6 is 0 Å². The van der Waals surface area contributed by atoms with Gasteiger partial charge in [-0.15, -0.1) is 0 Å². The number of ether oxygens (including phenoxy) is 4. The van der Waals surface area contributed by atoms with Crippen molar-refractivity contribution in [2.45, 2.75) is 437 Å². The lowest BCUT2D eigenvalue weighted by molar-refractivity contribution is -0.870. The minimum atomic E-state index is -1.62. The first-order chi connectivity index (χ1) is 42.6. The highest BCUT2D eigenvalue weighted by Crippen LogP contribution is 2.21. The Hall–Kier alpha value is -1.71. The number of unbranched alkanes of at least 4 members (excludes halogenated alkanes) is 60. The molecule has 0 amide bonds. The van der Waals surface area contributed by atoms with E-state index in [-0.39, 0.29) is 32.2 Å². The highest BCUT2D eigenvalue weighted by atomic mass is 16.7. The SMILES string of the molecule is CCCCCCCCCCCCCCCCCCCCCCCCCCCCCCCCCCCCCCCCCCC(=O)OC(COC(=O)CCCCCCCCCCCCCCCCCCCCCCCC)COC(OCC[N+](C)(C)C)C(=O)[O-]. The van der Waals surface area contributed by atoms with Gasteiger partial charge in [-0.3, -0.25) is 9.59 Å². The van der Waals surface area contributed by atoms with E-state index in [0.29, 0.717) is 17.4 Å². The summed E-state index contributed by atoms with van der Waals surface area (Å²) in [6.45, 7) is 4.85. The van der Waals surface area contributed by atoms with Crippen molar-refractivity contribution in [3.63, 3.8) is 0 Å². The minimum absolute atomic E-state index is 0.154. The first-order valence-corrected chi connectivity index (χ1v) is 39.2. The van der Waals surface area contributed by atoms with Gasteiger partial charge < -0.3 is 33.3 Å². The van der Waals surface area contributed by atoms with E-state index in [1.807, 2.05) is 21.1 Å². The molecule has 518 valence electrons. The van der Waals surface area contributed by atoms with Gasteiger partial charge >= 0.3 is 11.9 Å². The Kier molecular flexibility index (Phi) is 68.8. The number of carboxylic acid groups (broad SMARTS) is 1. The highest BCUT2D eigenvalue weighted by Gasteiger charge is 2.22. The minimum Gasteiger partial charge on any atom is -0.545 e. The molecule has 0 radical (unpaired) electrons. The van der Waals surface area contributed by atoms with Crippen molar-refractivity contribution < 1.29 is 42.9 Å². The Balaban J connectivity index is 3.90. The van der Waals surface area contributed by atoms with Crippen LogP contribution in [0.25, 0.3) is 0 Å². The predicted molar refractivity (Wildman–Crippen MR) is 371 cm³/mol. The summed E-state index contributed by atoms with van der Waals surface area (Å²) in [5.74, 6) is -2.24. The van der Waals surface area contributed by atoms with E-state index in [1.165, 1.54) is 360 Å². The Morgan fingerprint density at radius 3 is 0.736 bits per heavy atom. The molecule has 87 heavy (non-hydrogen) atoms. The molecule has 0 aliphatic carbocycles. The van der Waals surface area contributed by atoms with E-state index in [1.54, 1.807) is 0 Å². The number of carbonyl (C=O) groups excluding carboxylic acids is 3. The van der Waals surface area contributed by atoms with Crippen molar-refractivity contribution in [3.8, 4) is 0 Å². The molecule has 0 N–H and O–H groups in total. The molecule has 2 atom stereocenters. The Morgan fingerprint density at radius 2 is 0.517 bits per heavy atom. The molecule has 9 heteroatoms. The van der Waals surface area contributed by atoms with E-state index >= 15 is 0 Å². The number of likely N-dealkylation sites (N-methyl/N-ethyl adjacent to an activating group) is 1. The fourth-order valence-corrected chi connectivity index (χ4v) is 12.4. The van der Waals surface area contributed by atoms with Gasteiger partial charge in [0.25, 0.3) is 0 Å². The zero-order valence-corrected chi connectivity index (χ0v) is 59.5. The van der Waals surface area contributed by atoms with Gasteiger partial charge in [-0.1, -0.05) is 399 Å². The summed E-state index contributed by atoms with van der Waals surface area (Å²) in [5, 5.41) is 11.8. The average Bonchev–Trinajstić information content (AvgIpc) is 3.56. The van der Waals surface area contributed by atoms with E-state index in [9.17, 15) is 19.5 Å². The molecule has 0 bridgehead atoms. The summed E-state index contributed by atoms with van der Waals surface area (Å²) in [5.41, 5.74) is 0. The molecular weight excluding hydrogens is 1080 g/mol. The van der Waals surface area contributed by atoms with Crippen LogP contribution in [0.5, 0.6) is 0 Å². The number of hydrogen-bond acceptors (Lipinski definition) is 8. The number of esters is 2. The lowest BCUT2D eigenvalue weighted by Gasteiger charge is -2.26. The van der Waals surface area contributed by atoms with E-state index in [4.69, 9.17) is 18.9 Å². The normalized spacial score (nSPS) is 12.5. The third-order valence-corrected chi connectivity index (χ3v) is 18.4. The molecule has 0 aromatic carbocycles. The number of aliphatic carboxylic acids is 1. The van der Waals surface area contributed by atoms with Crippen LogP contribution in [-0.4, -0.2) is 82.3 Å². The van der Waals surface area contributed by atoms with Crippen LogP contribution in [0.15, 0.2) is 0 Å². The zero-order chi connectivity index (χ0) is 63.3. The van der Waals surface area contributed by atoms with Gasteiger partial charge in [0.2, 0.25) is 0 Å². The van der Waals surface area contributed by atoms with E-state index in [2.05, 4.69) is 13.8 Å². The van der Waals surface area contributed by atoms with Crippen LogP contribution in [0, 0.1) is 0 Å². The van der Waals surface area contributed by atoms with Crippen molar-refractivity contribution in [2.75, 3.05) is 47.5 Å². The van der Waals surface area contributed by atoms with Crippen molar-refractivity contribution in [1.82, 2.24) is 0 Å². The number of carboxylic acids is 1. The topological polar surface area (TPSA) is 111 Å². The summed E-state index contributed by atoms with van der Waals surface area (Å²) in [7, 11) is 5.95. The number of hydrogen-bond donors (Lipinski definition) is 0. The third kappa shape index (κ3) is 71.6. The van der Waals surface area contributed by atoms with Crippen LogP contribution < -0.4 is 5.11 Å². The number of rotatable bonds is 75. The van der Waals surface area contributed by atoms with Crippen LogP contribution in [0.1, 0.15) is 425 Å². The fraction of sp³-hybridized carbons (Fsp3) is 0.962. The van der Waals surface area contributed by atoms with Gasteiger partial charge in [0.15, 0.2) is 12.4 Å². The molecule has 0 heterocycles. The third-order valence-electron chi connectivity index (χ3n) is 18.4. The average molecular weight is 1230 g/mol. The zero-order valence-electron chi connectivity index (χ0n) is 59.5. The lowest BCUT2D eigenvalue weighted by atomic mass is 10.0.